The van der Waals surface area contributed by atoms with Gasteiger partial charge in [-0.3, -0.25) is 9.59 Å². The Morgan fingerprint density at radius 2 is 1.85 bits per heavy atom. The molecule has 0 fully saturated rings. The minimum absolute atomic E-state index is 0.0342. The molecule has 6 nitrogen and oxygen atoms in total. The Morgan fingerprint density at radius 1 is 1.15 bits per heavy atom. The van der Waals surface area contributed by atoms with Crippen molar-refractivity contribution in [2.24, 2.45) is 0 Å². The summed E-state index contributed by atoms with van der Waals surface area (Å²) in [6, 6.07) is 5.47. The molecular formula is C20H29NO5. The number of carbonyl (C=O) groups excluding carboxylic acids is 2. The second-order valence-electron chi connectivity index (χ2n) is 5.79. The predicted molar refractivity (Wildman–Crippen MR) is 101 cm³/mol. The van der Waals surface area contributed by atoms with Gasteiger partial charge >= 0.3 is 5.97 Å². The molecular weight excluding hydrogens is 334 g/mol. The standard InChI is InChI=1S/C20H29NO5/c1-6-15(3)21(13-12-20(23)26-7-2)19(22)11-9-16-8-10-17(24-4)18(14-16)25-5/h8-11,14-15H,6-7,12-13H2,1-5H3/b11-9+. The van der Waals surface area contributed by atoms with Gasteiger partial charge in [-0.05, 0) is 44.0 Å². The van der Waals surface area contributed by atoms with Gasteiger partial charge < -0.3 is 19.1 Å². The summed E-state index contributed by atoms with van der Waals surface area (Å²) >= 11 is 0. The van der Waals surface area contributed by atoms with Crippen LogP contribution in [0.25, 0.3) is 6.08 Å². The minimum atomic E-state index is -0.294. The number of carbonyl (C=O) groups is 2. The van der Waals surface area contributed by atoms with Gasteiger partial charge in [-0.2, -0.15) is 0 Å². The Morgan fingerprint density at radius 3 is 2.42 bits per heavy atom. The zero-order valence-corrected chi connectivity index (χ0v) is 16.3. The van der Waals surface area contributed by atoms with Gasteiger partial charge in [-0.1, -0.05) is 13.0 Å². The molecule has 0 heterocycles. The SMILES string of the molecule is CCOC(=O)CCN(C(=O)/C=C/c1ccc(OC)c(OC)c1)C(C)CC. The largest absolute Gasteiger partial charge is 0.493 e. The molecule has 0 aliphatic rings. The van der Waals surface area contributed by atoms with E-state index in [0.717, 1.165) is 12.0 Å². The van der Waals surface area contributed by atoms with E-state index >= 15 is 0 Å². The highest BCUT2D eigenvalue weighted by Crippen LogP contribution is 2.28. The number of amides is 1. The molecule has 1 aromatic rings. The fraction of sp³-hybridized carbons (Fsp3) is 0.500. The molecule has 1 rings (SSSR count). The van der Waals surface area contributed by atoms with E-state index in [1.54, 1.807) is 44.3 Å². The van der Waals surface area contributed by atoms with E-state index in [2.05, 4.69) is 0 Å². The molecule has 144 valence electrons. The predicted octanol–water partition coefficient (Wildman–Crippen LogP) is 3.30. The summed E-state index contributed by atoms with van der Waals surface area (Å²) < 4.78 is 15.4. The lowest BCUT2D eigenvalue weighted by Crippen LogP contribution is -2.38. The van der Waals surface area contributed by atoms with E-state index in [4.69, 9.17) is 14.2 Å². The van der Waals surface area contributed by atoms with Crippen LogP contribution in [-0.2, 0) is 14.3 Å². The van der Waals surface area contributed by atoms with Crippen LogP contribution in [0.5, 0.6) is 11.5 Å². The van der Waals surface area contributed by atoms with Crippen LogP contribution in [0.15, 0.2) is 24.3 Å². The Bertz CT molecular complexity index is 627. The third-order valence-corrected chi connectivity index (χ3v) is 4.09. The van der Waals surface area contributed by atoms with Gasteiger partial charge in [0.2, 0.25) is 5.91 Å². The lowest BCUT2D eigenvalue weighted by atomic mass is 10.1. The first-order valence-electron chi connectivity index (χ1n) is 8.83. The second-order valence-corrected chi connectivity index (χ2v) is 5.79. The average Bonchev–Trinajstić information content (AvgIpc) is 2.65. The molecule has 0 radical (unpaired) electrons. The van der Waals surface area contributed by atoms with Crippen molar-refractivity contribution in [1.82, 2.24) is 4.90 Å². The van der Waals surface area contributed by atoms with E-state index in [1.807, 2.05) is 19.9 Å². The van der Waals surface area contributed by atoms with E-state index in [1.165, 1.54) is 6.08 Å². The number of esters is 1. The molecule has 1 amide bonds. The molecule has 0 N–H and O–H groups in total. The Labute approximate surface area is 155 Å². The quantitative estimate of drug-likeness (QED) is 0.471. The van der Waals surface area contributed by atoms with Crippen molar-refractivity contribution in [3.8, 4) is 11.5 Å². The Hall–Kier alpha value is -2.50. The van der Waals surface area contributed by atoms with Gasteiger partial charge in [0.1, 0.15) is 0 Å². The molecule has 0 aliphatic carbocycles. The molecule has 0 saturated heterocycles. The van der Waals surface area contributed by atoms with E-state index < -0.39 is 0 Å². The van der Waals surface area contributed by atoms with Crippen LogP contribution < -0.4 is 9.47 Å². The molecule has 6 heteroatoms. The molecule has 1 unspecified atom stereocenters. The van der Waals surface area contributed by atoms with Crippen molar-refractivity contribution in [1.29, 1.82) is 0 Å². The summed E-state index contributed by atoms with van der Waals surface area (Å²) in [4.78, 5) is 25.9. The third-order valence-electron chi connectivity index (χ3n) is 4.09. The highest BCUT2D eigenvalue weighted by atomic mass is 16.5. The number of rotatable bonds is 10. The lowest BCUT2D eigenvalue weighted by molar-refractivity contribution is -0.144. The van der Waals surface area contributed by atoms with Crippen LogP contribution in [0.2, 0.25) is 0 Å². The Balaban J connectivity index is 2.84. The molecule has 0 aliphatic heterocycles. The number of methoxy groups -OCH3 is 2. The summed E-state index contributed by atoms with van der Waals surface area (Å²) in [6.07, 6.45) is 4.23. The van der Waals surface area contributed by atoms with E-state index in [9.17, 15) is 9.59 Å². The van der Waals surface area contributed by atoms with Crippen LogP contribution in [-0.4, -0.2) is 50.2 Å². The molecule has 26 heavy (non-hydrogen) atoms. The summed E-state index contributed by atoms with van der Waals surface area (Å²) in [6.45, 7) is 6.42. The third kappa shape index (κ3) is 6.43. The normalized spacial score (nSPS) is 11.9. The van der Waals surface area contributed by atoms with Crippen molar-refractivity contribution < 1.29 is 23.8 Å². The number of benzene rings is 1. The number of hydrogen-bond acceptors (Lipinski definition) is 5. The summed E-state index contributed by atoms with van der Waals surface area (Å²) in [7, 11) is 3.14. The zero-order valence-electron chi connectivity index (χ0n) is 16.3. The van der Waals surface area contributed by atoms with Crippen LogP contribution in [0.3, 0.4) is 0 Å². The van der Waals surface area contributed by atoms with Crippen molar-refractivity contribution in [2.75, 3.05) is 27.4 Å². The van der Waals surface area contributed by atoms with Gasteiger partial charge in [0.05, 0.1) is 27.2 Å². The summed E-state index contributed by atoms with van der Waals surface area (Å²) in [5.41, 5.74) is 0.825. The van der Waals surface area contributed by atoms with Crippen LogP contribution in [0.1, 0.15) is 39.2 Å². The highest BCUT2D eigenvalue weighted by Gasteiger charge is 2.18. The molecule has 0 aromatic heterocycles. The second kappa shape index (κ2) is 11.2. The van der Waals surface area contributed by atoms with Crippen LogP contribution in [0, 0.1) is 0 Å². The number of hydrogen-bond donors (Lipinski definition) is 0. The fourth-order valence-corrected chi connectivity index (χ4v) is 2.43. The molecule has 1 aromatic carbocycles. The lowest BCUT2D eigenvalue weighted by Gasteiger charge is -2.27. The molecule has 0 spiro atoms. The van der Waals surface area contributed by atoms with Gasteiger partial charge in [-0.25, -0.2) is 0 Å². The monoisotopic (exact) mass is 363 g/mol. The maximum absolute atomic E-state index is 12.6. The summed E-state index contributed by atoms with van der Waals surface area (Å²) in [5, 5.41) is 0. The molecule has 1 atom stereocenters. The van der Waals surface area contributed by atoms with E-state index in [0.29, 0.717) is 24.7 Å². The minimum Gasteiger partial charge on any atom is -0.493 e. The zero-order chi connectivity index (χ0) is 19.5. The first-order chi connectivity index (χ1) is 12.5. The number of ether oxygens (including phenoxy) is 3. The van der Waals surface area contributed by atoms with Gasteiger partial charge in [0, 0.05) is 18.7 Å². The van der Waals surface area contributed by atoms with Crippen molar-refractivity contribution >= 4 is 18.0 Å². The fourth-order valence-electron chi connectivity index (χ4n) is 2.43. The first kappa shape index (κ1) is 21.5. The maximum Gasteiger partial charge on any atom is 0.307 e. The van der Waals surface area contributed by atoms with Crippen molar-refractivity contribution in [3.63, 3.8) is 0 Å². The van der Waals surface area contributed by atoms with E-state index in [-0.39, 0.29) is 24.3 Å². The van der Waals surface area contributed by atoms with Crippen molar-refractivity contribution in [3.05, 3.63) is 29.8 Å². The van der Waals surface area contributed by atoms with Gasteiger partial charge in [-0.15, -0.1) is 0 Å². The van der Waals surface area contributed by atoms with Gasteiger partial charge in [0.25, 0.3) is 0 Å². The topological polar surface area (TPSA) is 65.1 Å². The molecule has 0 saturated carbocycles. The Kier molecular flexibility index (Phi) is 9.26. The summed E-state index contributed by atoms with van der Waals surface area (Å²) in [5.74, 6) is 0.797. The highest BCUT2D eigenvalue weighted by molar-refractivity contribution is 5.92. The maximum atomic E-state index is 12.6. The van der Waals surface area contributed by atoms with Crippen LogP contribution in [0.4, 0.5) is 0 Å². The van der Waals surface area contributed by atoms with Crippen LogP contribution >= 0.6 is 0 Å². The first-order valence-corrected chi connectivity index (χ1v) is 8.83. The smallest absolute Gasteiger partial charge is 0.307 e. The average molecular weight is 363 g/mol. The van der Waals surface area contributed by atoms with Crippen molar-refractivity contribution in [2.45, 2.75) is 39.7 Å². The number of nitrogens with zero attached hydrogens (tertiary/aromatic N) is 1. The van der Waals surface area contributed by atoms with Gasteiger partial charge in [0.15, 0.2) is 11.5 Å². The molecule has 0 bridgehead atoms.